The zero-order chi connectivity index (χ0) is 16.3. The summed E-state index contributed by atoms with van der Waals surface area (Å²) in [6.45, 7) is 6.71. The van der Waals surface area contributed by atoms with Crippen molar-refractivity contribution in [3.63, 3.8) is 0 Å². The van der Waals surface area contributed by atoms with Gasteiger partial charge in [0.05, 0.1) is 13.5 Å². The number of nitrogens with zero attached hydrogens (tertiary/aromatic N) is 1. The molecule has 8 nitrogen and oxygen atoms in total. The number of rotatable bonds is 6. The molecule has 0 aliphatic carbocycles. The van der Waals surface area contributed by atoms with Gasteiger partial charge in [-0.1, -0.05) is 0 Å². The van der Waals surface area contributed by atoms with E-state index in [0.29, 0.717) is 25.6 Å². The van der Waals surface area contributed by atoms with E-state index in [1.165, 1.54) is 7.11 Å². The number of hydrogen-bond acceptors (Lipinski definition) is 5. The van der Waals surface area contributed by atoms with Gasteiger partial charge in [0, 0.05) is 26.7 Å². The van der Waals surface area contributed by atoms with Crippen LogP contribution in [0.4, 0.5) is 4.79 Å². The summed E-state index contributed by atoms with van der Waals surface area (Å²) in [5.41, 5.74) is -0.511. The second-order valence-electron chi connectivity index (χ2n) is 5.18. The number of amides is 1. The molecule has 0 rings (SSSR count). The molecular weight excluding hydrogens is 276 g/mol. The monoisotopic (exact) mass is 302 g/mol. The van der Waals surface area contributed by atoms with Crippen LogP contribution in [0.15, 0.2) is 4.99 Å². The van der Waals surface area contributed by atoms with Crippen LogP contribution in [0, 0.1) is 0 Å². The van der Waals surface area contributed by atoms with Gasteiger partial charge in [-0.05, 0) is 20.8 Å². The Labute approximate surface area is 125 Å². The lowest BCUT2D eigenvalue weighted by molar-refractivity contribution is -0.140. The molecule has 0 saturated heterocycles. The summed E-state index contributed by atoms with van der Waals surface area (Å²) < 4.78 is 9.63. The SMILES string of the molecule is CN=C(NCCNC(=O)OC(C)(C)C)NCCC(=O)OC. The molecule has 0 bridgehead atoms. The topological polar surface area (TPSA) is 101 Å². The van der Waals surface area contributed by atoms with Gasteiger partial charge < -0.3 is 25.4 Å². The standard InChI is InChI=1S/C13H26N4O4/c1-13(2,3)21-12(19)17-9-8-16-11(14-4)15-7-6-10(18)20-5/h6-9H2,1-5H3,(H,17,19)(H2,14,15,16). The quantitative estimate of drug-likeness (QED) is 0.281. The molecule has 21 heavy (non-hydrogen) atoms. The summed E-state index contributed by atoms with van der Waals surface area (Å²) in [6.07, 6.45) is -0.203. The first-order valence-electron chi connectivity index (χ1n) is 6.76. The molecule has 122 valence electrons. The zero-order valence-electron chi connectivity index (χ0n) is 13.4. The van der Waals surface area contributed by atoms with E-state index in [1.54, 1.807) is 27.8 Å². The highest BCUT2D eigenvalue weighted by Gasteiger charge is 2.15. The van der Waals surface area contributed by atoms with Crippen LogP contribution in [0.25, 0.3) is 0 Å². The second kappa shape index (κ2) is 9.84. The van der Waals surface area contributed by atoms with Crippen LogP contribution in [0.3, 0.4) is 0 Å². The molecule has 0 atom stereocenters. The van der Waals surface area contributed by atoms with E-state index in [-0.39, 0.29) is 12.4 Å². The van der Waals surface area contributed by atoms with E-state index < -0.39 is 11.7 Å². The molecule has 0 saturated carbocycles. The Morgan fingerprint density at radius 1 is 1.05 bits per heavy atom. The van der Waals surface area contributed by atoms with Crippen LogP contribution in [0.2, 0.25) is 0 Å². The van der Waals surface area contributed by atoms with E-state index in [9.17, 15) is 9.59 Å². The molecule has 3 N–H and O–H groups in total. The zero-order valence-corrected chi connectivity index (χ0v) is 13.4. The summed E-state index contributed by atoms with van der Waals surface area (Å²) in [5, 5.41) is 8.57. The normalized spacial score (nSPS) is 11.6. The van der Waals surface area contributed by atoms with Gasteiger partial charge in [-0.25, -0.2) is 4.79 Å². The first-order valence-corrected chi connectivity index (χ1v) is 6.76. The van der Waals surface area contributed by atoms with E-state index in [1.807, 2.05) is 0 Å². The van der Waals surface area contributed by atoms with Crippen molar-refractivity contribution in [2.75, 3.05) is 33.8 Å². The summed E-state index contributed by atoms with van der Waals surface area (Å²) in [7, 11) is 2.96. The van der Waals surface area contributed by atoms with Gasteiger partial charge in [0.2, 0.25) is 0 Å². The minimum Gasteiger partial charge on any atom is -0.469 e. The Hall–Kier alpha value is -1.99. The van der Waals surface area contributed by atoms with E-state index in [2.05, 4.69) is 25.7 Å². The van der Waals surface area contributed by atoms with Crippen LogP contribution in [0.5, 0.6) is 0 Å². The summed E-state index contributed by atoms with van der Waals surface area (Å²) in [5.74, 6) is 0.259. The van der Waals surface area contributed by atoms with E-state index in [0.717, 1.165) is 0 Å². The third kappa shape index (κ3) is 11.5. The predicted molar refractivity (Wildman–Crippen MR) is 80.2 cm³/mol. The fourth-order valence-corrected chi connectivity index (χ4v) is 1.27. The maximum Gasteiger partial charge on any atom is 0.407 e. The van der Waals surface area contributed by atoms with Gasteiger partial charge in [0.15, 0.2) is 5.96 Å². The molecule has 0 radical (unpaired) electrons. The lowest BCUT2D eigenvalue weighted by Gasteiger charge is -2.19. The third-order valence-electron chi connectivity index (χ3n) is 2.16. The third-order valence-corrected chi connectivity index (χ3v) is 2.16. The van der Waals surface area contributed by atoms with Crippen molar-refractivity contribution in [2.45, 2.75) is 32.8 Å². The number of carbonyl (C=O) groups is 2. The van der Waals surface area contributed by atoms with Gasteiger partial charge in [-0.2, -0.15) is 0 Å². The Kier molecular flexibility index (Phi) is 8.91. The first kappa shape index (κ1) is 19.0. The largest absolute Gasteiger partial charge is 0.469 e. The number of esters is 1. The van der Waals surface area contributed by atoms with E-state index >= 15 is 0 Å². The number of alkyl carbamates (subject to hydrolysis) is 1. The fraction of sp³-hybridized carbons (Fsp3) is 0.769. The molecule has 0 aromatic heterocycles. The second-order valence-corrected chi connectivity index (χ2v) is 5.18. The number of carbonyl (C=O) groups excluding carboxylic acids is 2. The van der Waals surface area contributed by atoms with Gasteiger partial charge >= 0.3 is 12.1 Å². The molecule has 8 heteroatoms. The Morgan fingerprint density at radius 3 is 2.14 bits per heavy atom. The average Bonchev–Trinajstić information content (AvgIpc) is 2.39. The van der Waals surface area contributed by atoms with Crippen LogP contribution in [-0.4, -0.2) is 57.4 Å². The highest BCUT2D eigenvalue weighted by molar-refractivity contribution is 5.80. The number of hydrogen-bond donors (Lipinski definition) is 3. The molecule has 0 aromatic carbocycles. The summed E-state index contributed by atoms with van der Waals surface area (Å²) in [6, 6.07) is 0. The van der Waals surface area contributed by atoms with Crippen molar-refractivity contribution in [2.24, 2.45) is 4.99 Å². The molecule has 0 fully saturated rings. The van der Waals surface area contributed by atoms with Crippen molar-refractivity contribution in [1.82, 2.24) is 16.0 Å². The first-order chi connectivity index (χ1) is 9.78. The number of nitrogens with one attached hydrogen (secondary N) is 3. The minimum absolute atomic E-state index is 0.257. The van der Waals surface area contributed by atoms with Crippen molar-refractivity contribution >= 4 is 18.0 Å². The Balaban J connectivity index is 3.78. The number of ether oxygens (including phenoxy) is 2. The van der Waals surface area contributed by atoms with E-state index in [4.69, 9.17) is 4.74 Å². The molecule has 0 aliphatic rings. The van der Waals surface area contributed by atoms with Crippen molar-refractivity contribution < 1.29 is 19.1 Å². The molecule has 0 heterocycles. The number of methoxy groups -OCH3 is 1. The van der Waals surface area contributed by atoms with Crippen LogP contribution in [0.1, 0.15) is 27.2 Å². The predicted octanol–water partition coefficient (Wildman–Crippen LogP) is 0.239. The molecular formula is C13H26N4O4. The molecule has 0 unspecified atom stereocenters. The highest BCUT2D eigenvalue weighted by atomic mass is 16.6. The van der Waals surface area contributed by atoms with Crippen LogP contribution < -0.4 is 16.0 Å². The van der Waals surface area contributed by atoms with Gasteiger partial charge in [-0.3, -0.25) is 9.79 Å². The van der Waals surface area contributed by atoms with Gasteiger partial charge in [-0.15, -0.1) is 0 Å². The lowest BCUT2D eigenvalue weighted by Crippen LogP contribution is -2.43. The van der Waals surface area contributed by atoms with Crippen LogP contribution >= 0.6 is 0 Å². The van der Waals surface area contributed by atoms with Crippen LogP contribution in [-0.2, 0) is 14.3 Å². The number of aliphatic imine (C=N–C) groups is 1. The molecule has 0 aromatic rings. The van der Waals surface area contributed by atoms with Crippen molar-refractivity contribution in [3.05, 3.63) is 0 Å². The lowest BCUT2D eigenvalue weighted by atomic mass is 10.2. The maximum atomic E-state index is 11.4. The summed E-state index contributed by atoms with van der Waals surface area (Å²) >= 11 is 0. The Morgan fingerprint density at radius 2 is 1.62 bits per heavy atom. The number of guanidine groups is 1. The average molecular weight is 302 g/mol. The van der Waals surface area contributed by atoms with Gasteiger partial charge in [0.25, 0.3) is 0 Å². The molecule has 0 aliphatic heterocycles. The smallest absolute Gasteiger partial charge is 0.407 e. The summed E-state index contributed by atoms with van der Waals surface area (Å²) in [4.78, 5) is 26.3. The van der Waals surface area contributed by atoms with Crippen molar-refractivity contribution in [1.29, 1.82) is 0 Å². The molecule has 1 amide bonds. The minimum atomic E-state index is -0.511. The highest BCUT2D eigenvalue weighted by Crippen LogP contribution is 2.05. The Bertz CT molecular complexity index is 364. The van der Waals surface area contributed by atoms with Gasteiger partial charge in [0.1, 0.15) is 5.60 Å². The fourth-order valence-electron chi connectivity index (χ4n) is 1.27. The molecule has 0 spiro atoms. The van der Waals surface area contributed by atoms with Crippen molar-refractivity contribution in [3.8, 4) is 0 Å². The maximum absolute atomic E-state index is 11.4.